The van der Waals surface area contributed by atoms with Crippen molar-refractivity contribution in [2.75, 3.05) is 46.9 Å². The molecule has 4 nitrogen and oxygen atoms in total. The van der Waals surface area contributed by atoms with E-state index in [9.17, 15) is 9.18 Å². The molecule has 0 aromatic heterocycles. The molecule has 1 aliphatic rings. The molecule has 1 aliphatic heterocycles. The van der Waals surface area contributed by atoms with Crippen molar-refractivity contribution >= 4 is 5.91 Å². The largest absolute Gasteiger partial charge is 0.378 e. The third-order valence-electron chi connectivity index (χ3n) is 3.03. The Balaban J connectivity index is 0. The minimum absolute atomic E-state index is 0.0773. The lowest BCUT2D eigenvalue weighted by molar-refractivity contribution is -0.135. The molecule has 0 bridgehead atoms. The summed E-state index contributed by atoms with van der Waals surface area (Å²) in [7, 11) is 3.72. The number of carbonyl (C=O) groups is 1. The second kappa shape index (κ2) is 13.0. The number of hydrogen-bond acceptors (Lipinski definition) is 3. The average molecular weight is 306 g/mol. The highest BCUT2D eigenvalue weighted by molar-refractivity contribution is 5.78. The van der Waals surface area contributed by atoms with Gasteiger partial charge < -0.3 is 14.5 Å². The Bertz CT molecular complexity index is 253. The number of likely N-dealkylation sites (N-methyl/N-ethyl adjacent to an activating group) is 1. The van der Waals surface area contributed by atoms with Gasteiger partial charge in [0.1, 0.15) is 5.67 Å². The van der Waals surface area contributed by atoms with E-state index in [1.165, 1.54) is 0 Å². The van der Waals surface area contributed by atoms with E-state index < -0.39 is 5.67 Å². The smallest absolute Gasteiger partial charge is 0.236 e. The molecule has 1 fully saturated rings. The van der Waals surface area contributed by atoms with Crippen LogP contribution in [0.2, 0.25) is 0 Å². The van der Waals surface area contributed by atoms with Crippen LogP contribution < -0.4 is 0 Å². The van der Waals surface area contributed by atoms with Crippen LogP contribution >= 0.6 is 0 Å². The number of rotatable bonds is 5. The maximum Gasteiger partial charge on any atom is 0.236 e. The lowest BCUT2D eigenvalue weighted by Gasteiger charge is -2.36. The Morgan fingerprint density at radius 1 is 1.19 bits per heavy atom. The highest BCUT2D eigenvalue weighted by Gasteiger charge is 2.36. The van der Waals surface area contributed by atoms with E-state index in [0.717, 1.165) is 0 Å². The maximum absolute atomic E-state index is 14.2. The van der Waals surface area contributed by atoms with Crippen molar-refractivity contribution in [1.82, 2.24) is 9.80 Å². The number of halogens is 1. The molecule has 0 saturated carbocycles. The van der Waals surface area contributed by atoms with E-state index >= 15 is 0 Å². The zero-order valence-corrected chi connectivity index (χ0v) is 15.0. The molecule has 0 N–H and O–H groups in total. The van der Waals surface area contributed by atoms with Gasteiger partial charge in [-0.1, -0.05) is 27.7 Å². The molecule has 5 heteroatoms. The summed E-state index contributed by atoms with van der Waals surface area (Å²) in [6.07, 6.45) is 0.762. The van der Waals surface area contributed by atoms with Crippen molar-refractivity contribution in [1.29, 1.82) is 0 Å². The number of ether oxygens (including phenoxy) is 1. The lowest BCUT2D eigenvalue weighted by Crippen LogP contribution is -2.48. The number of amides is 1. The van der Waals surface area contributed by atoms with E-state index in [2.05, 4.69) is 0 Å². The first kappa shape index (κ1) is 22.6. The summed E-state index contributed by atoms with van der Waals surface area (Å²) in [4.78, 5) is 15.3. The topological polar surface area (TPSA) is 32.8 Å². The molecule has 1 amide bonds. The van der Waals surface area contributed by atoms with Gasteiger partial charge in [0.2, 0.25) is 5.91 Å². The predicted molar refractivity (Wildman–Crippen MR) is 87.4 cm³/mol. The average Bonchev–Trinajstić information content (AvgIpc) is 2.49. The monoisotopic (exact) mass is 306 g/mol. The van der Waals surface area contributed by atoms with Crippen molar-refractivity contribution in [2.45, 2.75) is 53.1 Å². The lowest BCUT2D eigenvalue weighted by atomic mass is 9.94. The zero-order valence-electron chi connectivity index (χ0n) is 15.0. The molecule has 0 spiro atoms. The van der Waals surface area contributed by atoms with Gasteiger partial charge in [0.15, 0.2) is 0 Å². The summed E-state index contributed by atoms with van der Waals surface area (Å²) in [6.45, 7) is 11.9. The molecule has 0 atom stereocenters. The van der Waals surface area contributed by atoms with Crippen molar-refractivity contribution in [3.05, 3.63) is 0 Å². The summed E-state index contributed by atoms with van der Waals surface area (Å²) in [5.41, 5.74) is -1.25. The number of carbonyl (C=O) groups excluding carboxylic acids is 1. The molecule has 0 aliphatic carbocycles. The molecule has 0 aromatic carbocycles. The van der Waals surface area contributed by atoms with Crippen LogP contribution in [0.5, 0.6) is 0 Å². The molecule has 1 saturated heterocycles. The molecule has 0 radical (unpaired) electrons. The van der Waals surface area contributed by atoms with Gasteiger partial charge in [-0.15, -0.1) is 0 Å². The van der Waals surface area contributed by atoms with Crippen LogP contribution in [0.25, 0.3) is 0 Å². The fourth-order valence-corrected chi connectivity index (χ4v) is 1.96. The number of likely N-dealkylation sites (tertiary alicyclic amines) is 1. The van der Waals surface area contributed by atoms with Gasteiger partial charge in [0.25, 0.3) is 0 Å². The van der Waals surface area contributed by atoms with E-state index in [1.54, 1.807) is 4.90 Å². The van der Waals surface area contributed by atoms with Gasteiger partial charge in [-0.05, 0) is 21.0 Å². The third kappa shape index (κ3) is 9.80. The second-order valence-electron chi connectivity index (χ2n) is 4.91. The minimum Gasteiger partial charge on any atom is -0.378 e. The highest BCUT2D eigenvalue weighted by atomic mass is 19.1. The van der Waals surface area contributed by atoms with Crippen molar-refractivity contribution < 1.29 is 13.9 Å². The fourth-order valence-electron chi connectivity index (χ4n) is 1.96. The van der Waals surface area contributed by atoms with Crippen molar-refractivity contribution in [3.8, 4) is 0 Å². The summed E-state index contributed by atoms with van der Waals surface area (Å²) in [6, 6.07) is 0. The molecular formula is C16H35FN2O2. The number of piperidine rings is 1. The van der Waals surface area contributed by atoms with Crippen molar-refractivity contribution in [2.24, 2.45) is 0 Å². The first-order valence-corrected chi connectivity index (χ1v) is 8.16. The van der Waals surface area contributed by atoms with Crippen molar-refractivity contribution in [3.63, 3.8) is 0 Å². The molecule has 1 rings (SSSR count). The van der Waals surface area contributed by atoms with E-state index in [0.29, 0.717) is 39.1 Å². The molecule has 128 valence electrons. The quantitative estimate of drug-likeness (QED) is 0.783. The van der Waals surface area contributed by atoms with Gasteiger partial charge in [-0.25, -0.2) is 4.39 Å². The molecule has 0 aromatic rings. The Hall–Kier alpha value is -0.680. The van der Waals surface area contributed by atoms with Crippen LogP contribution in [0, 0.1) is 0 Å². The normalized spacial score (nSPS) is 16.5. The van der Waals surface area contributed by atoms with Gasteiger partial charge in [-0.3, -0.25) is 4.79 Å². The van der Waals surface area contributed by atoms with Crippen LogP contribution in [0.4, 0.5) is 4.39 Å². The number of nitrogens with zero attached hydrogens (tertiary/aromatic N) is 2. The fraction of sp³-hybridized carbons (Fsp3) is 0.938. The van der Waals surface area contributed by atoms with Gasteiger partial charge in [-0.2, -0.15) is 0 Å². The van der Waals surface area contributed by atoms with Gasteiger partial charge >= 0.3 is 0 Å². The molecule has 0 unspecified atom stereocenters. The summed E-state index contributed by atoms with van der Waals surface area (Å²) in [5.74, 6) is 0.0773. The second-order valence-corrected chi connectivity index (χ2v) is 4.91. The Morgan fingerprint density at radius 3 is 2.05 bits per heavy atom. The molecule has 21 heavy (non-hydrogen) atoms. The molecule has 1 heterocycles. The van der Waals surface area contributed by atoms with Crippen LogP contribution in [-0.4, -0.2) is 68.3 Å². The summed E-state index contributed by atoms with van der Waals surface area (Å²) < 4.78 is 19.3. The van der Waals surface area contributed by atoms with Crippen LogP contribution in [0.15, 0.2) is 0 Å². The van der Waals surface area contributed by atoms with E-state index in [1.807, 2.05) is 53.6 Å². The Kier molecular flexibility index (Phi) is 14.0. The number of hydrogen-bond donors (Lipinski definition) is 0. The first-order chi connectivity index (χ1) is 9.97. The maximum atomic E-state index is 14.2. The zero-order chi connectivity index (χ0) is 16.9. The Morgan fingerprint density at radius 2 is 1.67 bits per heavy atom. The van der Waals surface area contributed by atoms with E-state index in [4.69, 9.17) is 4.74 Å². The molecular weight excluding hydrogens is 271 g/mol. The number of alkyl halides is 1. The third-order valence-corrected chi connectivity index (χ3v) is 3.03. The van der Waals surface area contributed by atoms with E-state index in [-0.39, 0.29) is 12.5 Å². The summed E-state index contributed by atoms with van der Waals surface area (Å²) in [5, 5.41) is 0. The van der Waals surface area contributed by atoms with Crippen LogP contribution in [-0.2, 0) is 9.53 Å². The SMILES string of the molecule is CC.CC.CCOCC1(F)CCN(C(=O)CN(C)C)CC1. The summed E-state index contributed by atoms with van der Waals surface area (Å²) >= 11 is 0. The highest BCUT2D eigenvalue weighted by Crippen LogP contribution is 2.26. The first-order valence-electron chi connectivity index (χ1n) is 8.16. The van der Waals surface area contributed by atoms with Crippen LogP contribution in [0.3, 0.4) is 0 Å². The standard InChI is InChI=1S/C12H23FN2O2.2C2H6/c1-4-17-10-12(13)5-7-15(8-6-12)11(16)9-14(2)3;2*1-2/h4-10H2,1-3H3;2*1-2H3. The van der Waals surface area contributed by atoms with Gasteiger partial charge in [0, 0.05) is 32.5 Å². The Labute approximate surface area is 130 Å². The van der Waals surface area contributed by atoms with Gasteiger partial charge in [0.05, 0.1) is 13.2 Å². The minimum atomic E-state index is -1.25. The predicted octanol–water partition coefficient (Wildman–Crippen LogP) is 2.97. The van der Waals surface area contributed by atoms with Crippen LogP contribution in [0.1, 0.15) is 47.5 Å².